The third-order valence-electron chi connectivity index (χ3n) is 5.29. The minimum atomic E-state index is -4.73. The Labute approximate surface area is 183 Å². The number of amides is 1. The zero-order valence-electron chi connectivity index (χ0n) is 16.4. The molecule has 0 aromatic carbocycles. The summed E-state index contributed by atoms with van der Waals surface area (Å²) in [6, 6.07) is 5.97. The van der Waals surface area contributed by atoms with Crippen LogP contribution in [-0.4, -0.2) is 20.5 Å². The molecule has 0 unspecified atom stereocenters. The van der Waals surface area contributed by atoms with Gasteiger partial charge in [-0.05, 0) is 49.4 Å². The molecule has 11 heteroatoms. The van der Waals surface area contributed by atoms with Gasteiger partial charge in [-0.15, -0.1) is 11.3 Å². The van der Waals surface area contributed by atoms with Crippen molar-refractivity contribution in [1.29, 1.82) is 5.26 Å². The van der Waals surface area contributed by atoms with Crippen LogP contribution in [0, 0.1) is 11.3 Å². The molecule has 0 spiro atoms. The van der Waals surface area contributed by atoms with E-state index in [4.69, 9.17) is 4.42 Å². The molecule has 4 aromatic heterocycles. The molecule has 0 saturated heterocycles. The van der Waals surface area contributed by atoms with E-state index in [1.807, 2.05) is 0 Å². The van der Waals surface area contributed by atoms with Crippen molar-refractivity contribution in [2.45, 2.75) is 31.9 Å². The molecule has 1 aliphatic rings. The van der Waals surface area contributed by atoms with E-state index in [1.165, 1.54) is 29.7 Å². The van der Waals surface area contributed by atoms with E-state index in [2.05, 4.69) is 21.5 Å². The number of nitrogens with one attached hydrogen (secondary N) is 1. The SMILES string of the molecule is N#Cc1c(NC(=O)c2cnn3c(C(F)(F)F)cc(-c4ccco4)nc23)sc2c1CCCC2. The average molecular weight is 457 g/mol. The highest BCUT2D eigenvalue weighted by atomic mass is 32.1. The van der Waals surface area contributed by atoms with Crippen molar-refractivity contribution in [3.63, 3.8) is 0 Å². The number of carbonyl (C=O) groups excluding carboxylic acids is 1. The monoisotopic (exact) mass is 457 g/mol. The molecule has 0 fully saturated rings. The van der Waals surface area contributed by atoms with Crippen molar-refractivity contribution in [2.75, 3.05) is 5.32 Å². The normalized spacial score (nSPS) is 13.7. The summed E-state index contributed by atoms with van der Waals surface area (Å²) in [5.41, 5.74) is -0.208. The molecule has 0 atom stereocenters. The number of aryl methyl sites for hydroxylation is 1. The molecule has 1 amide bonds. The molecule has 0 saturated carbocycles. The van der Waals surface area contributed by atoms with Crippen molar-refractivity contribution < 1.29 is 22.4 Å². The van der Waals surface area contributed by atoms with E-state index in [-0.39, 0.29) is 22.7 Å². The highest BCUT2D eigenvalue weighted by Gasteiger charge is 2.36. The number of hydrogen-bond acceptors (Lipinski definition) is 6. The third kappa shape index (κ3) is 3.33. The Hall–Kier alpha value is -3.65. The number of nitrogens with zero attached hydrogens (tertiary/aromatic N) is 4. The highest BCUT2D eigenvalue weighted by molar-refractivity contribution is 7.16. The van der Waals surface area contributed by atoms with Gasteiger partial charge in [0, 0.05) is 4.88 Å². The molecule has 7 nitrogen and oxygen atoms in total. The van der Waals surface area contributed by atoms with Gasteiger partial charge in [0.25, 0.3) is 5.91 Å². The Kier molecular flexibility index (Phi) is 4.74. The minimum absolute atomic E-state index is 0.0753. The fourth-order valence-corrected chi connectivity index (χ4v) is 5.05. The fourth-order valence-electron chi connectivity index (χ4n) is 3.82. The Morgan fingerprint density at radius 2 is 2.12 bits per heavy atom. The average Bonchev–Trinajstić information content (AvgIpc) is 3.49. The number of thiophene rings is 1. The fraction of sp³-hybridized carbons (Fsp3) is 0.238. The van der Waals surface area contributed by atoms with Gasteiger partial charge in [-0.3, -0.25) is 4.79 Å². The van der Waals surface area contributed by atoms with Crippen LogP contribution in [0.3, 0.4) is 0 Å². The second-order valence-corrected chi connectivity index (χ2v) is 8.38. The summed E-state index contributed by atoms with van der Waals surface area (Å²) in [7, 11) is 0. The summed E-state index contributed by atoms with van der Waals surface area (Å²) in [5, 5.41) is 16.4. The number of furan rings is 1. The number of aromatic nitrogens is 3. The van der Waals surface area contributed by atoms with Crippen LogP contribution < -0.4 is 5.32 Å². The second-order valence-electron chi connectivity index (χ2n) is 7.28. The van der Waals surface area contributed by atoms with Crippen LogP contribution in [0.5, 0.6) is 0 Å². The highest BCUT2D eigenvalue weighted by Crippen LogP contribution is 2.38. The number of alkyl halides is 3. The number of rotatable bonds is 3. The summed E-state index contributed by atoms with van der Waals surface area (Å²) in [5.74, 6) is -0.560. The summed E-state index contributed by atoms with van der Waals surface area (Å²) in [4.78, 5) is 18.3. The Morgan fingerprint density at radius 1 is 1.31 bits per heavy atom. The topological polar surface area (TPSA) is 96.2 Å². The lowest BCUT2D eigenvalue weighted by atomic mass is 9.96. The van der Waals surface area contributed by atoms with Gasteiger partial charge in [-0.2, -0.15) is 23.5 Å². The summed E-state index contributed by atoms with van der Waals surface area (Å²) < 4.78 is 46.8. The van der Waals surface area contributed by atoms with Crippen LogP contribution in [-0.2, 0) is 19.0 Å². The van der Waals surface area contributed by atoms with Gasteiger partial charge >= 0.3 is 6.18 Å². The Morgan fingerprint density at radius 3 is 2.84 bits per heavy atom. The molecule has 32 heavy (non-hydrogen) atoms. The van der Waals surface area contributed by atoms with Crippen molar-refractivity contribution in [2.24, 2.45) is 0 Å². The first-order valence-corrected chi connectivity index (χ1v) is 10.5. The number of halogens is 3. The van der Waals surface area contributed by atoms with Gasteiger partial charge in [0.05, 0.1) is 18.0 Å². The van der Waals surface area contributed by atoms with Gasteiger partial charge in [0.2, 0.25) is 0 Å². The minimum Gasteiger partial charge on any atom is -0.463 e. The molecule has 0 radical (unpaired) electrons. The van der Waals surface area contributed by atoms with Crippen molar-refractivity contribution in [3.8, 4) is 17.5 Å². The standard InChI is InChI=1S/C21H14F3N5O2S/c22-21(23,24)17-8-14(15-5-3-7-31-15)27-18-13(10-26-29(17)18)19(30)28-20-12(9-25)11-4-1-2-6-16(11)32-20/h3,5,7-8,10H,1-2,4,6H2,(H,28,30). The molecule has 0 aliphatic heterocycles. The van der Waals surface area contributed by atoms with Crippen molar-refractivity contribution >= 4 is 27.9 Å². The van der Waals surface area contributed by atoms with Crippen LogP contribution in [0.4, 0.5) is 18.2 Å². The number of fused-ring (bicyclic) bond motifs is 2. The van der Waals surface area contributed by atoms with Gasteiger partial charge in [-0.1, -0.05) is 0 Å². The second kappa shape index (κ2) is 7.49. The summed E-state index contributed by atoms with van der Waals surface area (Å²) >= 11 is 1.33. The lowest BCUT2D eigenvalue weighted by molar-refractivity contribution is -0.142. The zero-order chi connectivity index (χ0) is 22.5. The number of nitriles is 1. The molecule has 1 aliphatic carbocycles. The maximum absolute atomic E-state index is 13.7. The first-order chi connectivity index (χ1) is 15.4. The van der Waals surface area contributed by atoms with E-state index in [9.17, 15) is 23.2 Å². The largest absolute Gasteiger partial charge is 0.463 e. The first kappa shape index (κ1) is 20.3. The van der Waals surface area contributed by atoms with E-state index in [1.54, 1.807) is 0 Å². The molecule has 1 N–H and O–H groups in total. The lowest BCUT2D eigenvalue weighted by Gasteiger charge is -2.10. The lowest BCUT2D eigenvalue weighted by Crippen LogP contribution is -2.15. The smallest absolute Gasteiger partial charge is 0.433 e. The van der Waals surface area contributed by atoms with E-state index in [0.717, 1.165) is 48.4 Å². The van der Waals surface area contributed by atoms with Crippen LogP contribution in [0.25, 0.3) is 17.1 Å². The van der Waals surface area contributed by atoms with E-state index in [0.29, 0.717) is 15.1 Å². The third-order valence-corrected chi connectivity index (χ3v) is 6.50. The Bertz CT molecular complexity index is 1380. The summed E-state index contributed by atoms with van der Waals surface area (Å²) in [6.45, 7) is 0. The van der Waals surface area contributed by atoms with Crippen molar-refractivity contribution in [3.05, 3.63) is 57.9 Å². The molecule has 0 bridgehead atoms. The predicted octanol–water partition coefficient (Wildman–Crippen LogP) is 5.07. The van der Waals surface area contributed by atoms with Crippen LogP contribution in [0.15, 0.2) is 35.1 Å². The first-order valence-electron chi connectivity index (χ1n) is 9.72. The van der Waals surface area contributed by atoms with Crippen LogP contribution in [0.2, 0.25) is 0 Å². The molecular weight excluding hydrogens is 443 g/mol. The molecule has 162 valence electrons. The number of hydrogen-bond donors (Lipinski definition) is 1. The quantitative estimate of drug-likeness (QED) is 0.463. The van der Waals surface area contributed by atoms with Gasteiger partial charge < -0.3 is 9.73 Å². The maximum Gasteiger partial charge on any atom is 0.433 e. The van der Waals surface area contributed by atoms with Gasteiger partial charge in [-0.25, -0.2) is 9.50 Å². The molecule has 4 heterocycles. The summed E-state index contributed by atoms with van der Waals surface area (Å²) in [6.07, 6.45) is 1.22. The van der Waals surface area contributed by atoms with E-state index < -0.39 is 17.8 Å². The molecular formula is C21H14F3N5O2S. The van der Waals surface area contributed by atoms with Crippen LogP contribution >= 0.6 is 11.3 Å². The number of anilines is 1. The van der Waals surface area contributed by atoms with Gasteiger partial charge in [0.15, 0.2) is 17.1 Å². The number of carbonyl (C=O) groups is 1. The zero-order valence-corrected chi connectivity index (χ0v) is 17.2. The Balaban J connectivity index is 1.59. The van der Waals surface area contributed by atoms with Gasteiger partial charge in [0.1, 0.15) is 22.3 Å². The van der Waals surface area contributed by atoms with Crippen molar-refractivity contribution in [1.82, 2.24) is 14.6 Å². The molecule has 4 aromatic rings. The maximum atomic E-state index is 13.7. The van der Waals surface area contributed by atoms with Crippen LogP contribution in [0.1, 0.15) is 44.9 Å². The predicted molar refractivity (Wildman–Crippen MR) is 109 cm³/mol. The van der Waals surface area contributed by atoms with E-state index >= 15 is 0 Å². The molecule has 5 rings (SSSR count).